The molecule has 3 heterocycles. The fourth-order valence-corrected chi connectivity index (χ4v) is 4.90. The van der Waals surface area contributed by atoms with Crippen LogP contribution in [0.3, 0.4) is 0 Å². The lowest BCUT2D eigenvalue weighted by molar-refractivity contribution is -0.130. The van der Waals surface area contributed by atoms with Crippen molar-refractivity contribution in [2.45, 2.75) is 19.4 Å². The topological polar surface area (TPSA) is 58.6 Å². The first kappa shape index (κ1) is 19.1. The Morgan fingerprint density at radius 2 is 1.96 bits per heavy atom. The van der Waals surface area contributed by atoms with Gasteiger partial charge in [0.1, 0.15) is 5.82 Å². The Morgan fingerprint density at radius 1 is 1.21 bits per heavy atom. The fraction of sp³-hybridized carbons (Fsp3) is 0.429. The average Bonchev–Trinajstić information content (AvgIpc) is 3.35. The highest BCUT2D eigenvalue weighted by Crippen LogP contribution is 2.44. The van der Waals surface area contributed by atoms with Crippen molar-refractivity contribution in [3.63, 3.8) is 0 Å². The van der Waals surface area contributed by atoms with Crippen molar-refractivity contribution in [3.8, 4) is 0 Å². The van der Waals surface area contributed by atoms with Gasteiger partial charge in [-0.15, -0.1) is 11.3 Å². The predicted molar refractivity (Wildman–Crippen MR) is 104 cm³/mol. The second kappa shape index (κ2) is 8.01. The number of amides is 2. The van der Waals surface area contributed by atoms with E-state index in [0.29, 0.717) is 38.4 Å². The van der Waals surface area contributed by atoms with E-state index in [9.17, 15) is 14.0 Å². The van der Waals surface area contributed by atoms with Gasteiger partial charge in [-0.05, 0) is 48.6 Å². The smallest absolute Gasteiger partial charge is 0.253 e. The maximum absolute atomic E-state index is 13.2. The highest BCUT2D eigenvalue weighted by atomic mass is 32.1. The summed E-state index contributed by atoms with van der Waals surface area (Å²) in [5.41, 5.74) is 0.191. The van der Waals surface area contributed by atoms with E-state index in [2.05, 4.69) is 5.32 Å². The lowest BCUT2D eigenvalue weighted by Gasteiger charge is -2.37. The fourth-order valence-electron chi connectivity index (χ4n) is 4.25. The van der Waals surface area contributed by atoms with Crippen LogP contribution in [0.4, 0.5) is 4.39 Å². The number of ether oxygens (including phenoxy) is 1. The third-order valence-corrected chi connectivity index (χ3v) is 6.72. The number of rotatable bonds is 4. The van der Waals surface area contributed by atoms with E-state index in [1.165, 1.54) is 24.3 Å². The van der Waals surface area contributed by atoms with E-state index in [4.69, 9.17) is 4.74 Å². The van der Waals surface area contributed by atoms with Crippen molar-refractivity contribution in [2.24, 2.45) is 11.3 Å². The molecular formula is C21H23FN2O3S. The molecule has 148 valence electrons. The molecule has 1 N–H and O–H groups in total. The van der Waals surface area contributed by atoms with Crippen LogP contribution in [0.25, 0.3) is 0 Å². The summed E-state index contributed by atoms with van der Waals surface area (Å²) in [6, 6.07) is 9.54. The van der Waals surface area contributed by atoms with Gasteiger partial charge >= 0.3 is 0 Å². The lowest BCUT2D eigenvalue weighted by Crippen LogP contribution is -2.44. The molecule has 1 spiro atoms. The van der Waals surface area contributed by atoms with Gasteiger partial charge in [-0.25, -0.2) is 4.39 Å². The first-order chi connectivity index (χ1) is 13.6. The van der Waals surface area contributed by atoms with Crippen LogP contribution in [-0.2, 0) is 16.1 Å². The quantitative estimate of drug-likeness (QED) is 0.855. The molecule has 0 aliphatic carbocycles. The molecule has 2 aliphatic rings. The molecule has 1 atom stereocenters. The van der Waals surface area contributed by atoms with E-state index in [0.717, 1.165) is 17.7 Å². The number of hydrogen-bond acceptors (Lipinski definition) is 4. The van der Waals surface area contributed by atoms with Crippen LogP contribution in [0.1, 0.15) is 28.1 Å². The normalized spacial score (nSPS) is 21.0. The maximum Gasteiger partial charge on any atom is 0.253 e. The largest absolute Gasteiger partial charge is 0.381 e. The zero-order chi connectivity index (χ0) is 19.6. The van der Waals surface area contributed by atoms with Crippen LogP contribution in [0.15, 0.2) is 41.8 Å². The molecule has 2 amide bonds. The summed E-state index contributed by atoms with van der Waals surface area (Å²) in [6.45, 7) is 2.63. The predicted octanol–water partition coefficient (Wildman–Crippen LogP) is 3.07. The minimum Gasteiger partial charge on any atom is -0.381 e. The van der Waals surface area contributed by atoms with Crippen LogP contribution in [0.2, 0.25) is 0 Å². The number of thiophene rings is 1. The number of carbonyl (C=O) groups is 2. The Balaban J connectivity index is 1.51. The molecule has 1 aromatic heterocycles. The van der Waals surface area contributed by atoms with E-state index in [1.807, 2.05) is 17.5 Å². The monoisotopic (exact) mass is 402 g/mol. The summed E-state index contributed by atoms with van der Waals surface area (Å²) in [7, 11) is 0. The Morgan fingerprint density at radius 3 is 2.64 bits per heavy atom. The lowest BCUT2D eigenvalue weighted by atomic mass is 9.72. The molecule has 2 aromatic rings. The summed E-state index contributed by atoms with van der Waals surface area (Å²) in [5.74, 6) is -0.797. The number of likely N-dealkylation sites (tertiary alicyclic amines) is 1. The standard InChI is InChI=1S/C21H23FN2O3S/c22-16-5-3-15(4-6-16)20(26)24-13-18(21(14-24)7-9-27-10-8-21)19(25)23-12-17-2-1-11-28-17/h1-6,11,18H,7-10,12-14H2,(H,23,25). The minimum atomic E-state index is -0.371. The summed E-state index contributed by atoms with van der Waals surface area (Å²) in [4.78, 5) is 28.8. The molecule has 2 aliphatic heterocycles. The molecule has 1 unspecified atom stereocenters. The van der Waals surface area contributed by atoms with Crippen LogP contribution in [-0.4, -0.2) is 43.0 Å². The molecular weight excluding hydrogens is 379 g/mol. The number of nitrogens with one attached hydrogen (secondary N) is 1. The molecule has 1 aromatic carbocycles. The molecule has 0 radical (unpaired) electrons. The zero-order valence-corrected chi connectivity index (χ0v) is 16.3. The maximum atomic E-state index is 13.2. The zero-order valence-electron chi connectivity index (χ0n) is 15.5. The number of halogens is 1. The molecule has 2 fully saturated rings. The molecule has 0 bridgehead atoms. The van der Waals surface area contributed by atoms with Crippen molar-refractivity contribution in [1.29, 1.82) is 0 Å². The molecule has 2 saturated heterocycles. The van der Waals surface area contributed by atoms with Gasteiger partial charge in [0.15, 0.2) is 0 Å². The van der Waals surface area contributed by atoms with Crippen molar-refractivity contribution in [1.82, 2.24) is 10.2 Å². The van der Waals surface area contributed by atoms with Gasteiger partial charge in [0.05, 0.1) is 12.5 Å². The van der Waals surface area contributed by atoms with E-state index in [-0.39, 0.29) is 29.0 Å². The number of benzene rings is 1. The van der Waals surface area contributed by atoms with E-state index < -0.39 is 0 Å². The Hall–Kier alpha value is -2.25. The van der Waals surface area contributed by atoms with Gasteiger partial charge in [-0.2, -0.15) is 0 Å². The van der Waals surface area contributed by atoms with Gasteiger partial charge in [0.25, 0.3) is 5.91 Å². The molecule has 28 heavy (non-hydrogen) atoms. The van der Waals surface area contributed by atoms with Gasteiger partial charge in [-0.1, -0.05) is 6.07 Å². The summed E-state index contributed by atoms with van der Waals surface area (Å²) in [6.07, 6.45) is 1.52. The van der Waals surface area contributed by atoms with Crippen LogP contribution < -0.4 is 5.32 Å². The molecule has 0 saturated carbocycles. The van der Waals surface area contributed by atoms with Gasteiger partial charge in [0, 0.05) is 42.2 Å². The van der Waals surface area contributed by atoms with Crippen LogP contribution in [0.5, 0.6) is 0 Å². The summed E-state index contributed by atoms with van der Waals surface area (Å²) >= 11 is 1.61. The second-order valence-corrected chi connectivity index (χ2v) is 8.55. The first-order valence-corrected chi connectivity index (χ1v) is 10.4. The molecule has 4 rings (SSSR count). The Kier molecular flexibility index (Phi) is 5.46. The van der Waals surface area contributed by atoms with Crippen molar-refractivity contribution < 1.29 is 18.7 Å². The number of carbonyl (C=O) groups excluding carboxylic acids is 2. The van der Waals surface area contributed by atoms with Crippen LogP contribution >= 0.6 is 11.3 Å². The number of hydrogen-bond donors (Lipinski definition) is 1. The van der Waals surface area contributed by atoms with Crippen molar-refractivity contribution in [3.05, 3.63) is 58.0 Å². The minimum absolute atomic E-state index is 0.00953. The van der Waals surface area contributed by atoms with Crippen LogP contribution in [0, 0.1) is 17.2 Å². The summed E-state index contributed by atoms with van der Waals surface area (Å²) in [5, 5.41) is 5.03. The Labute approximate surface area is 167 Å². The number of nitrogens with zero attached hydrogens (tertiary/aromatic N) is 1. The van der Waals surface area contributed by atoms with E-state index >= 15 is 0 Å². The van der Waals surface area contributed by atoms with E-state index in [1.54, 1.807) is 16.2 Å². The highest BCUT2D eigenvalue weighted by Gasteiger charge is 2.51. The average molecular weight is 402 g/mol. The van der Waals surface area contributed by atoms with Gasteiger partial charge in [-0.3, -0.25) is 9.59 Å². The third-order valence-electron chi connectivity index (χ3n) is 5.85. The second-order valence-electron chi connectivity index (χ2n) is 7.52. The molecule has 7 heteroatoms. The summed E-state index contributed by atoms with van der Waals surface area (Å²) < 4.78 is 18.7. The van der Waals surface area contributed by atoms with Crippen molar-refractivity contribution >= 4 is 23.2 Å². The van der Waals surface area contributed by atoms with Gasteiger partial charge in [0.2, 0.25) is 5.91 Å². The third kappa shape index (κ3) is 3.82. The van der Waals surface area contributed by atoms with Crippen molar-refractivity contribution in [2.75, 3.05) is 26.3 Å². The molecule has 5 nitrogen and oxygen atoms in total. The Bertz CT molecular complexity index is 832. The highest BCUT2D eigenvalue weighted by molar-refractivity contribution is 7.09. The SMILES string of the molecule is O=C(NCc1cccs1)C1CN(C(=O)c2ccc(F)cc2)CC12CCOCC2. The first-order valence-electron chi connectivity index (χ1n) is 9.50. The van der Waals surface area contributed by atoms with Gasteiger partial charge < -0.3 is 15.0 Å².